The molecule has 68 valence electrons. The van der Waals surface area contributed by atoms with Crippen molar-refractivity contribution >= 4 is 37.6 Å². The number of halogens is 2. The van der Waals surface area contributed by atoms with Crippen LogP contribution in [0.5, 0.6) is 0 Å². The highest BCUT2D eigenvalue weighted by Crippen LogP contribution is 2.33. The summed E-state index contributed by atoms with van der Waals surface area (Å²) in [5.41, 5.74) is 2.05. The zero-order valence-corrected chi connectivity index (χ0v) is 10.1. The van der Waals surface area contributed by atoms with E-state index in [-0.39, 0.29) is 5.78 Å². The lowest BCUT2D eigenvalue weighted by atomic mass is 9.91. The molecule has 13 heavy (non-hydrogen) atoms. The molecule has 1 aliphatic carbocycles. The van der Waals surface area contributed by atoms with Gasteiger partial charge in [0.15, 0.2) is 5.78 Å². The maximum atomic E-state index is 11.6. The van der Waals surface area contributed by atoms with Gasteiger partial charge in [0.1, 0.15) is 0 Å². The Labute approximate surface area is 93.8 Å². The second kappa shape index (κ2) is 3.54. The van der Waals surface area contributed by atoms with E-state index in [2.05, 4.69) is 31.9 Å². The van der Waals surface area contributed by atoms with Crippen molar-refractivity contribution in [1.29, 1.82) is 0 Å². The van der Waals surface area contributed by atoms with E-state index in [0.717, 1.165) is 27.4 Å². The van der Waals surface area contributed by atoms with E-state index in [1.54, 1.807) is 0 Å². The number of Topliss-reactive ketones (excluding diaryl/α,β-unsaturated/α-hetero) is 1. The summed E-state index contributed by atoms with van der Waals surface area (Å²) in [5, 5.41) is 0. The van der Waals surface area contributed by atoms with Crippen LogP contribution in [0.2, 0.25) is 0 Å². The van der Waals surface area contributed by atoms with E-state index in [1.807, 2.05) is 12.1 Å². The number of aryl methyl sites for hydroxylation is 1. The Hall–Kier alpha value is -0.150. The summed E-state index contributed by atoms with van der Waals surface area (Å²) in [6.07, 6.45) is 2.69. The van der Waals surface area contributed by atoms with E-state index < -0.39 is 0 Å². The van der Waals surface area contributed by atoms with Crippen molar-refractivity contribution in [3.05, 3.63) is 32.2 Å². The van der Waals surface area contributed by atoms with Crippen LogP contribution in [-0.4, -0.2) is 5.78 Å². The number of carbonyl (C=O) groups is 1. The Bertz CT molecular complexity index is 371. The Morgan fingerprint density at radius 1 is 1.15 bits per heavy atom. The molecule has 0 atom stereocenters. The van der Waals surface area contributed by atoms with Crippen molar-refractivity contribution in [3.8, 4) is 0 Å². The Morgan fingerprint density at radius 3 is 2.69 bits per heavy atom. The summed E-state index contributed by atoms with van der Waals surface area (Å²) in [6, 6.07) is 4.02. The Kier molecular flexibility index (Phi) is 2.56. The van der Waals surface area contributed by atoms with Crippen LogP contribution in [0.15, 0.2) is 21.1 Å². The van der Waals surface area contributed by atoms with Crippen LogP contribution in [0, 0.1) is 0 Å². The fourth-order valence-corrected chi connectivity index (χ4v) is 2.60. The van der Waals surface area contributed by atoms with E-state index >= 15 is 0 Å². The van der Waals surface area contributed by atoms with Crippen molar-refractivity contribution in [3.63, 3.8) is 0 Å². The monoisotopic (exact) mass is 302 g/mol. The number of fused-ring (bicyclic) bond motifs is 1. The molecule has 2 rings (SSSR count). The van der Waals surface area contributed by atoms with E-state index in [4.69, 9.17) is 0 Å². The molecule has 0 heterocycles. The molecule has 3 heteroatoms. The predicted octanol–water partition coefficient (Wildman–Crippen LogP) is 3.73. The molecular formula is C10H8Br2O. The highest BCUT2D eigenvalue weighted by molar-refractivity contribution is 9.13. The molecule has 0 saturated carbocycles. The number of rotatable bonds is 0. The Balaban J connectivity index is 2.65. The molecule has 0 unspecified atom stereocenters. The normalized spacial score (nSPS) is 15.7. The first-order valence-electron chi connectivity index (χ1n) is 4.20. The van der Waals surface area contributed by atoms with Gasteiger partial charge in [-0.25, -0.2) is 0 Å². The van der Waals surface area contributed by atoms with Gasteiger partial charge in [-0.15, -0.1) is 0 Å². The fourth-order valence-electron chi connectivity index (χ4n) is 1.66. The van der Waals surface area contributed by atoms with Crippen LogP contribution in [-0.2, 0) is 6.42 Å². The summed E-state index contributed by atoms with van der Waals surface area (Å²) < 4.78 is 1.87. The zero-order valence-electron chi connectivity index (χ0n) is 6.94. The second-order valence-electron chi connectivity index (χ2n) is 3.17. The number of ketones is 1. The van der Waals surface area contributed by atoms with Gasteiger partial charge >= 0.3 is 0 Å². The molecular weight excluding hydrogens is 296 g/mol. The van der Waals surface area contributed by atoms with Crippen LogP contribution in [0.25, 0.3) is 0 Å². The molecule has 1 nitrogen and oxygen atoms in total. The molecule has 0 aromatic heterocycles. The molecule has 0 radical (unpaired) electrons. The van der Waals surface area contributed by atoms with Crippen molar-refractivity contribution in [2.24, 2.45) is 0 Å². The van der Waals surface area contributed by atoms with Gasteiger partial charge in [0.05, 0.1) is 0 Å². The third-order valence-corrected chi connectivity index (χ3v) is 4.33. The molecule has 0 fully saturated rings. The van der Waals surface area contributed by atoms with E-state index in [9.17, 15) is 4.79 Å². The van der Waals surface area contributed by atoms with Crippen LogP contribution in [0.1, 0.15) is 28.8 Å². The summed E-state index contributed by atoms with van der Waals surface area (Å²) >= 11 is 6.84. The average molecular weight is 304 g/mol. The second-order valence-corrected chi connectivity index (χ2v) is 4.82. The third-order valence-electron chi connectivity index (χ3n) is 2.31. The minimum absolute atomic E-state index is 0.259. The molecule has 0 spiro atoms. The molecule has 1 aromatic rings. The zero-order chi connectivity index (χ0) is 9.42. The quantitative estimate of drug-likeness (QED) is 0.714. The summed E-state index contributed by atoms with van der Waals surface area (Å²) in [5.74, 6) is 0.259. The molecule has 1 aliphatic rings. The number of carbonyl (C=O) groups excluding carboxylic acids is 1. The smallest absolute Gasteiger partial charge is 0.164 e. The third kappa shape index (κ3) is 1.59. The predicted molar refractivity (Wildman–Crippen MR) is 59.1 cm³/mol. The van der Waals surface area contributed by atoms with Crippen LogP contribution < -0.4 is 0 Å². The standard InChI is InChI=1S/C10H8Br2O/c11-7-5-4-6-2-1-3-8(13)9(6)10(7)12/h4-5H,1-3H2. The van der Waals surface area contributed by atoms with Gasteiger partial charge in [-0.3, -0.25) is 4.79 Å². The summed E-state index contributed by atoms with van der Waals surface area (Å²) in [4.78, 5) is 11.6. The van der Waals surface area contributed by atoms with Crippen molar-refractivity contribution < 1.29 is 4.79 Å². The van der Waals surface area contributed by atoms with Gasteiger partial charge < -0.3 is 0 Å². The van der Waals surface area contributed by atoms with Gasteiger partial charge in [0, 0.05) is 20.9 Å². The van der Waals surface area contributed by atoms with Crippen molar-refractivity contribution in [2.75, 3.05) is 0 Å². The topological polar surface area (TPSA) is 17.1 Å². The average Bonchev–Trinajstić information content (AvgIpc) is 2.12. The van der Waals surface area contributed by atoms with Gasteiger partial charge in [0.25, 0.3) is 0 Å². The highest BCUT2D eigenvalue weighted by atomic mass is 79.9. The fraction of sp³-hybridized carbons (Fsp3) is 0.300. The van der Waals surface area contributed by atoms with Crippen LogP contribution in [0.3, 0.4) is 0 Å². The van der Waals surface area contributed by atoms with Crippen LogP contribution in [0.4, 0.5) is 0 Å². The van der Waals surface area contributed by atoms with Crippen LogP contribution >= 0.6 is 31.9 Å². The van der Waals surface area contributed by atoms with Gasteiger partial charge in [-0.1, -0.05) is 6.07 Å². The van der Waals surface area contributed by atoms with Gasteiger partial charge in [-0.05, 0) is 56.3 Å². The highest BCUT2D eigenvalue weighted by Gasteiger charge is 2.20. The minimum atomic E-state index is 0.259. The molecule has 0 saturated heterocycles. The maximum absolute atomic E-state index is 11.6. The largest absolute Gasteiger partial charge is 0.294 e. The SMILES string of the molecule is O=C1CCCc2ccc(Br)c(Br)c21. The Morgan fingerprint density at radius 2 is 1.92 bits per heavy atom. The summed E-state index contributed by atoms with van der Waals surface area (Å²) in [7, 11) is 0. The number of benzene rings is 1. The molecule has 0 bridgehead atoms. The molecule has 0 aliphatic heterocycles. The molecule has 0 amide bonds. The lowest BCUT2D eigenvalue weighted by molar-refractivity contribution is 0.0971. The van der Waals surface area contributed by atoms with Crippen molar-refractivity contribution in [1.82, 2.24) is 0 Å². The number of hydrogen-bond donors (Lipinski definition) is 0. The lowest BCUT2D eigenvalue weighted by Gasteiger charge is -2.16. The molecule has 1 aromatic carbocycles. The number of hydrogen-bond acceptors (Lipinski definition) is 1. The van der Waals surface area contributed by atoms with E-state index in [1.165, 1.54) is 5.56 Å². The van der Waals surface area contributed by atoms with Gasteiger partial charge in [-0.2, -0.15) is 0 Å². The van der Waals surface area contributed by atoms with E-state index in [0.29, 0.717) is 6.42 Å². The first kappa shape index (κ1) is 9.41. The first-order valence-corrected chi connectivity index (χ1v) is 5.79. The first-order chi connectivity index (χ1) is 6.20. The molecule has 0 N–H and O–H groups in total. The minimum Gasteiger partial charge on any atom is -0.294 e. The van der Waals surface area contributed by atoms with Crippen molar-refractivity contribution in [2.45, 2.75) is 19.3 Å². The summed E-state index contributed by atoms with van der Waals surface area (Å²) in [6.45, 7) is 0. The van der Waals surface area contributed by atoms with Gasteiger partial charge in [0.2, 0.25) is 0 Å². The lowest BCUT2D eigenvalue weighted by Crippen LogP contribution is -2.11. The maximum Gasteiger partial charge on any atom is 0.164 e.